The Hall–Kier alpha value is -0.120. The molecular weight excluding hydrogens is 407 g/mol. The van der Waals surface area contributed by atoms with Gasteiger partial charge >= 0.3 is 0 Å². The molecule has 6 nitrogen and oxygen atoms in total. The van der Waals surface area contributed by atoms with Gasteiger partial charge in [0.15, 0.2) is 5.96 Å². The summed E-state index contributed by atoms with van der Waals surface area (Å²) in [5, 5.41) is 16.1. The first-order chi connectivity index (χ1) is 10.7. The van der Waals surface area contributed by atoms with Crippen LogP contribution < -0.4 is 10.6 Å². The number of nitrogens with zero attached hydrogens (tertiary/aromatic N) is 2. The van der Waals surface area contributed by atoms with Crippen molar-refractivity contribution in [1.29, 1.82) is 0 Å². The van der Waals surface area contributed by atoms with Gasteiger partial charge in [-0.1, -0.05) is 6.92 Å². The van der Waals surface area contributed by atoms with Crippen molar-refractivity contribution in [3.63, 3.8) is 0 Å². The van der Waals surface area contributed by atoms with Crippen LogP contribution in [0.25, 0.3) is 0 Å². The maximum Gasteiger partial charge on any atom is 0.191 e. The normalized spacial score (nSPS) is 24.6. The zero-order chi connectivity index (χ0) is 15.8. The molecule has 0 amide bonds. The van der Waals surface area contributed by atoms with Crippen LogP contribution in [0, 0.1) is 5.41 Å². The molecule has 0 aromatic heterocycles. The lowest BCUT2D eigenvalue weighted by molar-refractivity contribution is 0.127. The van der Waals surface area contributed by atoms with E-state index in [2.05, 4.69) is 27.4 Å². The molecule has 0 aromatic carbocycles. The van der Waals surface area contributed by atoms with E-state index in [0.29, 0.717) is 0 Å². The molecule has 1 aliphatic carbocycles. The molecule has 0 radical (unpaired) electrons. The summed E-state index contributed by atoms with van der Waals surface area (Å²) in [6.07, 6.45) is 4.49. The lowest BCUT2D eigenvalue weighted by Gasteiger charge is -2.28. The minimum atomic E-state index is 0. The average Bonchev–Trinajstić information content (AvgIpc) is 3.27. The Morgan fingerprint density at radius 1 is 1.39 bits per heavy atom. The highest BCUT2D eigenvalue weighted by atomic mass is 127. The monoisotopic (exact) mass is 440 g/mol. The first-order valence-corrected chi connectivity index (χ1v) is 8.60. The summed E-state index contributed by atoms with van der Waals surface area (Å²) in [5.41, 5.74) is 0.0514. The lowest BCUT2D eigenvalue weighted by atomic mass is 9.84. The van der Waals surface area contributed by atoms with Gasteiger partial charge < -0.3 is 20.5 Å². The van der Waals surface area contributed by atoms with Gasteiger partial charge in [0.2, 0.25) is 0 Å². The zero-order valence-corrected chi connectivity index (χ0v) is 16.8. The van der Waals surface area contributed by atoms with E-state index in [1.54, 1.807) is 7.05 Å². The number of aliphatic hydroxyl groups excluding tert-OH is 1. The van der Waals surface area contributed by atoms with Gasteiger partial charge in [0.05, 0.1) is 6.61 Å². The standard InChI is InChI=1S/C16H32N4O2.HI/c1-3-20(14-4-5-14)9-8-18-15(17-2)19-12-16(6-10-21)7-11-22-13-16;/h14,21H,3-13H2,1-2H3,(H2,17,18,19);1H. The Morgan fingerprint density at radius 3 is 2.70 bits per heavy atom. The second kappa shape index (κ2) is 10.7. The van der Waals surface area contributed by atoms with E-state index in [0.717, 1.165) is 64.2 Å². The third kappa shape index (κ3) is 6.72. The Kier molecular flexibility index (Phi) is 9.72. The van der Waals surface area contributed by atoms with Crippen LogP contribution in [-0.4, -0.2) is 75.1 Å². The van der Waals surface area contributed by atoms with Crippen molar-refractivity contribution >= 4 is 29.9 Å². The minimum absolute atomic E-state index is 0. The van der Waals surface area contributed by atoms with Crippen LogP contribution in [0.4, 0.5) is 0 Å². The number of hydrogen-bond acceptors (Lipinski definition) is 4. The molecule has 136 valence electrons. The highest BCUT2D eigenvalue weighted by molar-refractivity contribution is 14.0. The van der Waals surface area contributed by atoms with E-state index < -0.39 is 0 Å². The molecule has 1 heterocycles. The molecule has 1 aliphatic heterocycles. The predicted molar refractivity (Wildman–Crippen MR) is 105 cm³/mol. The fourth-order valence-electron chi connectivity index (χ4n) is 3.16. The summed E-state index contributed by atoms with van der Waals surface area (Å²) in [5.74, 6) is 0.844. The van der Waals surface area contributed by atoms with Gasteiger partial charge in [0.1, 0.15) is 0 Å². The number of aliphatic imine (C=N–C) groups is 1. The third-order valence-corrected chi connectivity index (χ3v) is 4.84. The average molecular weight is 440 g/mol. The molecule has 1 unspecified atom stereocenters. The van der Waals surface area contributed by atoms with E-state index in [4.69, 9.17) is 4.74 Å². The van der Waals surface area contributed by atoms with Crippen LogP contribution in [0.5, 0.6) is 0 Å². The molecule has 0 aromatic rings. The largest absolute Gasteiger partial charge is 0.396 e. The SMILES string of the molecule is CCN(CCNC(=NC)NCC1(CCO)CCOC1)C1CC1.I. The van der Waals surface area contributed by atoms with Gasteiger partial charge in [-0.15, -0.1) is 24.0 Å². The van der Waals surface area contributed by atoms with E-state index in [1.165, 1.54) is 12.8 Å². The van der Waals surface area contributed by atoms with Crippen molar-refractivity contribution < 1.29 is 9.84 Å². The molecular formula is C16H33IN4O2. The number of aliphatic hydroxyl groups is 1. The maximum atomic E-state index is 9.27. The second-order valence-electron chi connectivity index (χ2n) is 6.49. The number of nitrogens with one attached hydrogen (secondary N) is 2. The highest BCUT2D eigenvalue weighted by Gasteiger charge is 2.34. The molecule has 1 atom stereocenters. The molecule has 0 spiro atoms. The molecule has 0 bridgehead atoms. The summed E-state index contributed by atoms with van der Waals surface area (Å²) in [6, 6.07) is 0.810. The fourth-order valence-corrected chi connectivity index (χ4v) is 3.16. The number of likely N-dealkylation sites (N-methyl/N-ethyl adjacent to an activating group) is 1. The van der Waals surface area contributed by atoms with Gasteiger partial charge in [-0.05, 0) is 32.2 Å². The van der Waals surface area contributed by atoms with Gasteiger partial charge in [-0.2, -0.15) is 0 Å². The molecule has 1 saturated carbocycles. The van der Waals surface area contributed by atoms with Crippen LogP contribution in [0.3, 0.4) is 0 Å². The van der Waals surface area contributed by atoms with Crippen molar-refractivity contribution in [2.24, 2.45) is 10.4 Å². The summed E-state index contributed by atoms with van der Waals surface area (Å²) < 4.78 is 5.52. The molecule has 23 heavy (non-hydrogen) atoms. The third-order valence-electron chi connectivity index (χ3n) is 4.84. The van der Waals surface area contributed by atoms with Gasteiger partial charge in [-0.3, -0.25) is 9.89 Å². The second-order valence-corrected chi connectivity index (χ2v) is 6.49. The Morgan fingerprint density at radius 2 is 2.17 bits per heavy atom. The lowest BCUT2D eigenvalue weighted by Crippen LogP contribution is -2.46. The summed E-state index contributed by atoms with van der Waals surface area (Å²) in [4.78, 5) is 6.82. The van der Waals surface area contributed by atoms with Crippen LogP contribution in [0.2, 0.25) is 0 Å². The fraction of sp³-hybridized carbons (Fsp3) is 0.938. The van der Waals surface area contributed by atoms with Crippen LogP contribution >= 0.6 is 24.0 Å². The number of hydrogen-bond donors (Lipinski definition) is 3. The van der Waals surface area contributed by atoms with Crippen molar-refractivity contribution in [2.75, 3.05) is 53.0 Å². The van der Waals surface area contributed by atoms with Crippen LogP contribution in [-0.2, 0) is 4.74 Å². The predicted octanol–water partition coefficient (Wildman–Crippen LogP) is 1.04. The molecule has 7 heteroatoms. The number of guanidine groups is 1. The Bertz CT molecular complexity index is 358. The summed E-state index contributed by atoms with van der Waals surface area (Å²) in [6.45, 7) is 7.85. The molecule has 2 rings (SSSR count). The molecule has 3 N–H and O–H groups in total. The zero-order valence-electron chi connectivity index (χ0n) is 14.5. The van der Waals surface area contributed by atoms with Gasteiger partial charge in [-0.25, -0.2) is 0 Å². The van der Waals surface area contributed by atoms with Crippen molar-refractivity contribution in [3.05, 3.63) is 0 Å². The van der Waals surface area contributed by atoms with Crippen molar-refractivity contribution in [3.8, 4) is 0 Å². The van der Waals surface area contributed by atoms with E-state index >= 15 is 0 Å². The highest BCUT2D eigenvalue weighted by Crippen LogP contribution is 2.31. The van der Waals surface area contributed by atoms with Crippen LogP contribution in [0.15, 0.2) is 4.99 Å². The summed E-state index contributed by atoms with van der Waals surface area (Å²) in [7, 11) is 1.80. The van der Waals surface area contributed by atoms with Crippen LogP contribution in [0.1, 0.15) is 32.6 Å². The number of ether oxygens (including phenoxy) is 1. The van der Waals surface area contributed by atoms with Crippen molar-refractivity contribution in [1.82, 2.24) is 15.5 Å². The van der Waals surface area contributed by atoms with Crippen molar-refractivity contribution in [2.45, 2.75) is 38.6 Å². The van der Waals surface area contributed by atoms with Gasteiger partial charge in [0.25, 0.3) is 0 Å². The summed E-state index contributed by atoms with van der Waals surface area (Å²) >= 11 is 0. The molecule has 2 aliphatic rings. The number of halogens is 1. The Labute approximate surface area is 157 Å². The smallest absolute Gasteiger partial charge is 0.191 e. The molecule has 2 fully saturated rings. The maximum absolute atomic E-state index is 9.27. The van der Waals surface area contributed by atoms with E-state index in [-0.39, 0.29) is 36.0 Å². The van der Waals surface area contributed by atoms with E-state index in [9.17, 15) is 5.11 Å². The topological polar surface area (TPSA) is 69.1 Å². The first kappa shape index (κ1) is 20.9. The Balaban J connectivity index is 0.00000264. The number of rotatable bonds is 9. The van der Waals surface area contributed by atoms with E-state index in [1.807, 2.05) is 0 Å². The van der Waals surface area contributed by atoms with Gasteiger partial charge in [0, 0.05) is 51.4 Å². The first-order valence-electron chi connectivity index (χ1n) is 8.60. The quantitative estimate of drug-likeness (QED) is 0.284. The molecule has 1 saturated heterocycles. The minimum Gasteiger partial charge on any atom is -0.396 e.